The van der Waals surface area contributed by atoms with Gasteiger partial charge in [0.25, 0.3) is 5.91 Å². The minimum Gasteiger partial charge on any atom is -0.463 e. The van der Waals surface area contributed by atoms with Crippen molar-refractivity contribution in [3.8, 4) is 0 Å². The van der Waals surface area contributed by atoms with Crippen molar-refractivity contribution in [3.63, 3.8) is 0 Å². The summed E-state index contributed by atoms with van der Waals surface area (Å²) >= 11 is 0. The van der Waals surface area contributed by atoms with Crippen molar-refractivity contribution in [3.05, 3.63) is 34.9 Å². The zero-order valence-electron chi connectivity index (χ0n) is 17.6. The second-order valence-electron chi connectivity index (χ2n) is 8.15. The van der Waals surface area contributed by atoms with Crippen LogP contribution in [-0.4, -0.2) is 61.7 Å². The predicted molar refractivity (Wildman–Crippen MR) is 112 cm³/mol. The number of amides is 2. The summed E-state index contributed by atoms with van der Waals surface area (Å²) in [6.07, 6.45) is 2.24. The molecule has 1 aliphatic heterocycles. The molecule has 176 valence electrons. The van der Waals surface area contributed by atoms with Crippen molar-refractivity contribution < 1.29 is 29.6 Å². The van der Waals surface area contributed by atoms with E-state index in [1.54, 1.807) is 0 Å². The van der Waals surface area contributed by atoms with Gasteiger partial charge in [-0.05, 0) is 18.4 Å². The van der Waals surface area contributed by atoms with Crippen LogP contribution in [0.2, 0.25) is 0 Å². The molecule has 1 saturated carbocycles. The van der Waals surface area contributed by atoms with Crippen LogP contribution in [0, 0.1) is 5.92 Å². The molecule has 1 aromatic rings. The highest BCUT2D eigenvalue weighted by Crippen LogP contribution is 2.32. The van der Waals surface area contributed by atoms with Crippen molar-refractivity contribution in [2.45, 2.75) is 63.0 Å². The summed E-state index contributed by atoms with van der Waals surface area (Å²) < 4.78 is 6.43. The van der Waals surface area contributed by atoms with Crippen LogP contribution in [0.5, 0.6) is 0 Å². The number of carbonyl (C=O) groups excluding carboxylic acids is 1. The van der Waals surface area contributed by atoms with Crippen LogP contribution in [0.3, 0.4) is 0 Å². The molecule has 1 aliphatic carbocycles. The molecule has 4 atom stereocenters. The Hall–Kier alpha value is -2.80. The minimum atomic E-state index is -1.55. The fourth-order valence-corrected chi connectivity index (χ4v) is 4.09. The first-order valence-corrected chi connectivity index (χ1v) is 10.5. The van der Waals surface area contributed by atoms with Gasteiger partial charge in [-0.15, -0.1) is 0 Å². The van der Waals surface area contributed by atoms with E-state index in [1.807, 2.05) is 0 Å². The molecule has 2 fully saturated rings. The maximum Gasteiger partial charge on any atom is 0.432 e. The molecule has 12 heteroatoms. The lowest BCUT2D eigenvalue weighted by atomic mass is 9.85. The minimum absolute atomic E-state index is 0.151. The summed E-state index contributed by atoms with van der Waals surface area (Å²) in [5.41, 5.74) is 7.44. The first kappa shape index (κ1) is 23.9. The number of nitrogens with zero attached hydrogens (tertiary/aromatic N) is 3. The molecule has 12 nitrogen and oxygen atoms in total. The number of anilines is 1. The van der Waals surface area contributed by atoms with Gasteiger partial charge in [0, 0.05) is 11.8 Å². The summed E-state index contributed by atoms with van der Waals surface area (Å²) in [6, 6.07) is 0.296. The van der Waals surface area contributed by atoms with Gasteiger partial charge in [0.05, 0.1) is 12.6 Å². The fourth-order valence-electron chi connectivity index (χ4n) is 4.09. The predicted octanol–water partition coefficient (Wildman–Crippen LogP) is -0.137. The standard InChI is InChI=1S/C20H29N5O7/c1-11-16(27)14(10-26)32-18(11)24-8-7-15(22-19(24)29)25(20(30)31)23-17(28)13(21)9-12-5-3-2-4-6-12/h7-8,12-14,16,18,26-27H,1-6,9-10,21H2,(H,23,28)(H,30,31)/t13-,14+,16-,18+/m0/s1. The normalized spacial score (nSPS) is 24.8. The SMILES string of the molecule is C=C1[C@H](n2ccc(N(NC(=O)[C@@H](N)CC3CCCCC3)C(=O)O)nc2=O)O[C@H](CO)[C@H]1O. The Balaban J connectivity index is 1.72. The summed E-state index contributed by atoms with van der Waals surface area (Å²) in [5.74, 6) is -0.701. The zero-order chi connectivity index (χ0) is 23.4. The molecule has 1 saturated heterocycles. The third-order valence-electron chi connectivity index (χ3n) is 5.89. The van der Waals surface area contributed by atoms with Gasteiger partial charge in [-0.2, -0.15) is 9.99 Å². The number of hydrogen-bond donors (Lipinski definition) is 5. The first-order chi connectivity index (χ1) is 15.2. The molecule has 6 N–H and O–H groups in total. The van der Waals surface area contributed by atoms with Crippen LogP contribution in [-0.2, 0) is 9.53 Å². The highest BCUT2D eigenvalue weighted by atomic mass is 16.5. The van der Waals surface area contributed by atoms with Gasteiger partial charge < -0.3 is 25.8 Å². The maximum absolute atomic E-state index is 12.5. The number of aliphatic hydroxyl groups excluding tert-OH is 2. The molecule has 32 heavy (non-hydrogen) atoms. The van der Waals surface area contributed by atoms with Crippen LogP contribution in [0.1, 0.15) is 44.8 Å². The highest BCUT2D eigenvalue weighted by molar-refractivity contribution is 5.91. The lowest BCUT2D eigenvalue weighted by Crippen LogP contribution is -2.53. The van der Waals surface area contributed by atoms with E-state index >= 15 is 0 Å². The van der Waals surface area contributed by atoms with E-state index < -0.39 is 48.8 Å². The number of nitrogens with one attached hydrogen (secondary N) is 1. The van der Waals surface area contributed by atoms with E-state index in [0.717, 1.165) is 30.3 Å². The molecule has 2 amide bonds. The number of aliphatic hydroxyl groups is 2. The summed E-state index contributed by atoms with van der Waals surface area (Å²) in [4.78, 5) is 40.4. The van der Waals surface area contributed by atoms with Gasteiger partial charge in [-0.25, -0.2) is 9.59 Å². The van der Waals surface area contributed by atoms with Crippen LogP contribution in [0.4, 0.5) is 10.6 Å². The van der Waals surface area contributed by atoms with Crippen molar-refractivity contribution in [2.75, 3.05) is 11.6 Å². The monoisotopic (exact) mass is 451 g/mol. The van der Waals surface area contributed by atoms with Gasteiger partial charge in [0.2, 0.25) is 0 Å². The van der Waals surface area contributed by atoms with Crippen molar-refractivity contribution in [1.29, 1.82) is 0 Å². The van der Waals surface area contributed by atoms with Gasteiger partial charge >= 0.3 is 11.8 Å². The number of rotatable bonds is 6. The number of aromatic nitrogens is 2. The number of nitrogens with two attached hydrogens (primary N) is 1. The molecule has 0 unspecified atom stereocenters. The summed E-state index contributed by atoms with van der Waals surface area (Å²) in [5, 5.41) is 29.2. The molecule has 2 aliphatic rings. The topological polar surface area (TPSA) is 180 Å². The maximum atomic E-state index is 12.5. The van der Waals surface area contributed by atoms with Crippen LogP contribution < -0.4 is 21.9 Å². The van der Waals surface area contributed by atoms with E-state index in [2.05, 4.69) is 17.0 Å². The molecular weight excluding hydrogens is 422 g/mol. The number of hydrogen-bond acceptors (Lipinski definition) is 8. The smallest absolute Gasteiger partial charge is 0.432 e. The molecule has 3 rings (SSSR count). The summed E-state index contributed by atoms with van der Waals surface area (Å²) in [6.45, 7) is 3.20. The molecule has 0 bridgehead atoms. The molecular formula is C20H29N5O7. The van der Waals surface area contributed by atoms with E-state index in [-0.39, 0.29) is 11.4 Å². The molecule has 0 radical (unpaired) electrons. The number of hydrazine groups is 1. The van der Waals surface area contributed by atoms with Crippen LogP contribution in [0.25, 0.3) is 0 Å². The zero-order valence-corrected chi connectivity index (χ0v) is 17.6. The third-order valence-corrected chi connectivity index (χ3v) is 5.89. The number of ether oxygens (including phenoxy) is 1. The van der Waals surface area contributed by atoms with Gasteiger partial charge in [0.15, 0.2) is 12.0 Å². The molecule has 1 aromatic heterocycles. The average Bonchev–Trinajstić information content (AvgIpc) is 3.06. The average molecular weight is 451 g/mol. The lowest BCUT2D eigenvalue weighted by molar-refractivity contribution is -0.122. The Morgan fingerprint density at radius 3 is 2.62 bits per heavy atom. The number of carbonyl (C=O) groups is 2. The Morgan fingerprint density at radius 2 is 2.06 bits per heavy atom. The first-order valence-electron chi connectivity index (χ1n) is 10.5. The van der Waals surface area contributed by atoms with Crippen molar-refractivity contribution in [1.82, 2.24) is 15.0 Å². The second kappa shape index (κ2) is 10.2. The van der Waals surface area contributed by atoms with E-state index in [4.69, 9.17) is 10.5 Å². The van der Waals surface area contributed by atoms with E-state index in [9.17, 15) is 29.7 Å². The summed E-state index contributed by atoms with van der Waals surface area (Å²) in [7, 11) is 0. The van der Waals surface area contributed by atoms with Crippen LogP contribution in [0.15, 0.2) is 29.2 Å². The third kappa shape index (κ3) is 5.15. The quantitative estimate of drug-likeness (QED) is 0.291. The van der Waals surface area contributed by atoms with E-state index in [1.165, 1.54) is 18.7 Å². The van der Waals surface area contributed by atoms with Crippen molar-refractivity contribution in [2.24, 2.45) is 11.7 Å². The molecule has 0 aromatic carbocycles. The Bertz CT molecular complexity index is 914. The Labute approximate surface area is 184 Å². The van der Waals surface area contributed by atoms with Gasteiger partial charge in [-0.3, -0.25) is 14.8 Å². The fraction of sp³-hybridized carbons (Fsp3) is 0.600. The molecule has 2 heterocycles. The largest absolute Gasteiger partial charge is 0.463 e. The number of carboxylic acid groups (broad SMARTS) is 1. The van der Waals surface area contributed by atoms with E-state index in [0.29, 0.717) is 17.3 Å². The Kier molecular flexibility index (Phi) is 7.61. The van der Waals surface area contributed by atoms with Gasteiger partial charge in [-0.1, -0.05) is 38.7 Å². The molecule has 0 spiro atoms. The van der Waals surface area contributed by atoms with Crippen LogP contribution >= 0.6 is 0 Å². The van der Waals surface area contributed by atoms with Gasteiger partial charge in [0.1, 0.15) is 12.2 Å². The Morgan fingerprint density at radius 1 is 1.38 bits per heavy atom. The van der Waals surface area contributed by atoms with Crippen molar-refractivity contribution >= 4 is 17.8 Å². The second-order valence-corrected chi connectivity index (χ2v) is 8.15. The highest BCUT2D eigenvalue weighted by Gasteiger charge is 2.39. The lowest BCUT2D eigenvalue weighted by Gasteiger charge is -2.26.